The summed E-state index contributed by atoms with van der Waals surface area (Å²) in [5.74, 6) is -0.742. The number of benzene rings is 1. The van der Waals surface area contributed by atoms with Gasteiger partial charge in [0.1, 0.15) is 12.2 Å². The van der Waals surface area contributed by atoms with Gasteiger partial charge < -0.3 is 4.74 Å². The zero-order valence-electron chi connectivity index (χ0n) is 14.3. The number of aromatic nitrogens is 2. The molecule has 2 aromatic heterocycles. The Kier molecular flexibility index (Phi) is 5.03. The van der Waals surface area contributed by atoms with Crippen LogP contribution in [0.3, 0.4) is 0 Å². The minimum absolute atomic E-state index is 0.198. The minimum atomic E-state index is -2.57. The van der Waals surface area contributed by atoms with Crippen LogP contribution in [-0.4, -0.2) is 28.3 Å². The summed E-state index contributed by atoms with van der Waals surface area (Å²) in [4.78, 5) is 24.2. The SMILES string of the molecule is O=C(Nc1ccc2c(c1)c(-c1ccc(Cl)s1)nn2CC(F)F)OC(=O)C1CC1. The molecule has 1 aromatic carbocycles. The normalized spacial score (nSPS) is 13.9. The van der Waals surface area contributed by atoms with Crippen molar-refractivity contribution in [3.05, 3.63) is 34.7 Å². The van der Waals surface area contributed by atoms with Crippen LogP contribution >= 0.6 is 22.9 Å². The van der Waals surface area contributed by atoms with Crippen molar-refractivity contribution in [2.75, 3.05) is 5.32 Å². The maximum atomic E-state index is 12.9. The maximum Gasteiger partial charge on any atom is 0.419 e. The Hall–Kier alpha value is -2.52. The van der Waals surface area contributed by atoms with Crippen LogP contribution < -0.4 is 5.32 Å². The highest BCUT2D eigenvalue weighted by molar-refractivity contribution is 7.19. The molecule has 0 saturated heterocycles. The van der Waals surface area contributed by atoms with Gasteiger partial charge in [-0.25, -0.2) is 13.6 Å². The molecule has 1 saturated carbocycles. The van der Waals surface area contributed by atoms with Crippen LogP contribution in [0.4, 0.5) is 19.3 Å². The number of carbonyl (C=O) groups excluding carboxylic acids is 2. The van der Waals surface area contributed by atoms with Crippen molar-refractivity contribution < 1.29 is 23.1 Å². The molecule has 28 heavy (non-hydrogen) atoms. The highest BCUT2D eigenvalue weighted by Gasteiger charge is 2.32. The number of rotatable bonds is 5. The van der Waals surface area contributed by atoms with E-state index < -0.39 is 25.0 Å². The highest BCUT2D eigenvalue weighted by atomic mass is 35.5. The quantitative estimate of drug-likeness (QED) is 0.452. The van der Waals surface area contributed by atoms with Gasteiger partial charge in [-0.3, -0.25) is 14.8 Å². The molecule has 3 aromatic rings. The molecule has 0 spiro atoms. The molecule has 10 heteroatoms. The maximum absolute atomic E-state index is 12.9. The Balaban J connectivity index is 1.66. The average molecular weight is 426 g/mol. The van der Waals surface area contributed by atoms with Crippen LogP contribution in [0.15, 0.2) is 30.3 Å². The first-order chi connectivity index (χ1) is 13.4. The van der Waals surface area contributed by atoms with Crippen LogP contribution in [0.25, 0.3) is 21.5 Å². The molecule has 0 aliphatic heterocycles. The van der Waals surface area contributed by atoms with Crippen LogP contribution in [-0.2, 0) is 16.1 Å². The molecule has 1 fully saturated rings. The summed E-state index contributed by atoms with van der Waals surface area (Å²) in [6, 6.07) is 8.19. The van der Waals surface area contributed by atoms with Gasteiger partial charge in [0.25, 0.3) is 6.43 Å². The van der Waals surface area contributed by atoms with Crippen LogP contribution in [0.1, 0.15) is 12.8 Å². The topological polar surface area (TPSA) is 73.2 Å². The Morgan fingerprint density at radius 1 is 1.32 bits per heavy atom. The van der Waals surface area contributed by atoms with E-state index in [0.29, 0.717) is 31.5 Å². The smallest absolute Gasteiger partial charge is 0.376 e. The first-order valence-corrected chi connectivity index (χ1v) is 9.67. The third kappa shape index (κ3) is 4.00. The van der Waals surface area contributed by atoms with E-state index in [1.165, 1.54) is 16.0 Å². The predicted molar refractivity (Wildman–Crippen MR) is 102 cm³/mol. The molecule has 2 heterocycles. The molecule has 1 aliphatic carbocycles. The number of thiophene rings is 1. The lowest BCUT2D eigenvalue weighted by molar-refractivity contribution is -0.138. The van der Waals surface area contributed by atoms with Gasteiger partial charge in [-0.1, -0.05) is 11.6 Å². The predicted octanol–water partition coefficient (Wildman–Crippen LogP) is 5.17. The van der Waals surface area contributed by atoms with E-state index in [-0.39, 0.29) is 5.92 Å². The van der Waals surface area contributed by atoms with Gasteiger partial charge >= 0.3 is 12.1 Å². The number of esters is 1. The number of nitrogens with zero attached hydrogens (tertiary/aromatic N) is 2. The lowest BCUT2D eigenvalue weighted by atomic mass is 10.1. The van der Waals surface area contributed by atoms with E-state index in [1.807, 2.05) is 0 Å². The lowest BCUT2D eigenvalue weighted by Crippen LogP contribution is -2.19. The van der Waals surface area contributed by atoms with Crippen LogP contribution in [0, 0.1) is 5.92 Å². The van der Waals surface area contributed by atoms with Gasteiger partial charge in [0.05, 0.1) is 20.6 Å². The number of ether oxygens (including phenoxy) is 1. The molecule has 0 atom stereocenters. The Morgan fingerprint density at radius 3 is 2.75 bits per heavy atom. The van der Waals surface area contributed by atoms with E-state index in [0.717, 1.165) is 12.8 Å². The lowest BCUT2D eigenvalue weighted by Gasteiger charge is -2.06. The summed E-state index contributed by atoms with van der Waals surface area (Å²) < 4.78 is 32.4. The molecule has 1 aliphatic rings. The fourth-order valence-electron chi connectivity index (χ4n) is 2.79. The number of halogens is 3. The molecular formula is C18H14ClF2N3O3S. The Bertz CT molecular complexity index is 1060. The highest BCUT2D eigenvalue weighted by Crippen LogP contribution is 2.36. The fraction of sp³-hybridized carbons (Fsp3) is 0.278. The summed E-state index contributed by atoms with van der Waals surface area (Å²) in [5, 5.41) is 7.37. The zero-order valence-corrected chi connectivity index (χ0v) is 15.9. The molecule has 4 rings (SSSR count). The Morgan fingerprint density at radius 2 is 2.11 bits per heavy atom. The fourth-order valence-corrected chi connectivity index (χ4v) is 3.83. The number of hydrogen-bond donors (Lipinski definition) is 1. The molecule has 1 amide bonds. The van der Waals surface area contributed by atoms with E-state index in [2.05, 4.69) is 10.4 Å². The Labute approximate surface area is 167 Å². The molecule has 1 N–H and O–H groups in total. The summed E-state index contributed by atoms with van der Waals surface area (Å²) >= 11 is 7.26. The number of nitrogens with one attached hydrogen (secondary N) is 1. The molecule has 146 valence electrons. The van der Waals surface area contributed by atoms with Gasteiger partial charge in [0.2, 0.25) is 0 Å². The third-order valence-corrected chi connectivity index (χ3v) is 5.46. The van der Waals surface area contributed by atoms with Crippen molar-refractivity contribution in [3.63, 3.8) is 0 Å². The second kappa shape index (κ2) is 7.48. The van der Waals surface area contributed by atoms with E-state index in [1.54, 1.807) is 30.3 Å². The minimum Gasteiger partial charge on any atom is -0.376 e. The van der Waals surface area contributed by atoms with Gasteiger partial charge in [0, 0.05) is 11.1 Å². The van der Waals surface area contributed by atoms with Crippen molar-refractivity contribution in [3.8, 4) is 10.6 Å². The van der Waals surface area contributed by atoms with Crippen LogP contribution in [0.5, 0.6) is 0 Å². The third-order valence-electron chi connectivity index (χ3n) is 4.22. The second-order valence-electron chi connectivity index (χ2n) is 6.37. The number of carbonyl (C=O) groups is 2. The van der Waals surface area contributed by atoms with E-state index in [4.69, 9.17) is 16.3 Å². The van der Waals surface area contributed by atoms with E-state index in [9.17, 15) is 18.4 Å². The number of anilines is 1. The first kappa shape index (κ1) is 18.8. The van der Waals surface area contributed by atoms with E-state index >= 15 is 0 Å². The molecule has 6 nitrogen and oxygen atoms in total. The summed E-state index contributed by atoms with van der Waals surface area (Å²) in [6.45, 7) is -0.555. The first-order valence-electron chi connectivity index (χ1n) is 8.48. The van der Waals surface area contributed by atoms with Crippen molar-refractivity contribution in [1.29, 1.82) is 0 Å². The summed E-state index contributed by atoms with van der Waals surface area (Å²) in [7, 11) is 0. The van der Waals surface area contributed by atoms with Crippen molar-refractivity contribution in [2.24, 2.45) is 5.92 Å². The largest absolute Gasteiger partial charge is 0.419 e. The van der Waals surface area contributed by atoms with Gasteiger partial charge in [-0.15, -0.1) is 11.3 Å². The summed E-state index contributed by atoms with van der Waals surface area (Å²) in [5.41, 5.74) is 1.34. The van der Waals surface area contributed by atoms with Crippen molar-refractivity contribution in [1.82, 2.24) is 9.78 Å². The van der Waals surface area contributed by atoms with Crippen molar-refractivity contribution in [2.45, 2.75) is 25.8 Å². The van der Waals surface area contributed by atoms with Gasteiger partial charge in [-0.05, 0) is 43.2 Å². The monoisotopic (exact) mass is 425 g/mol. The number of fused-ring (bicyclic) bond motifs is 1. The second-order valence-corrected chi connectivity index (χ2v) is 8.08. The molecular weight excluding hydrogens is 412 g/mol. The summed E-state index contributed by atoms with van der Waals surface area (Å²) in [6.07, 6.45) is -1.98. The number of amides is 1. The van der Waals surface area contributed by atoms with Crippen molar-refractivity contribution >= 4 is 51.6 Å². The number of hydrogen-bond acceptors (Lipinski definition) is 5. The molecule has 0 radical (unpaired) electrons. The molecule has 0 bridgehead atoms. The van der Waals surface area contributed by atoms with Crippen LogP contribution in [0.2, 0.25) is 4.34 Å². The molecule has 0 unspecified atom stereocenters. The number of alkyl halides is 2. The zero-order chi connectivity index (χ0) is 19.8. The van der Waals surface area contributed by atoms with Gasteiger partial charge in [-0.2, -0.15) is 5.10 Å². The van der Waals surface area contributed by atoms with Gasteiger partial charge in [0.15, 0.2) is 0 Å². The average Bonchev–Trinajstić information content (AvgIpc) is 3.31. The standard InChI is InChI=1S/C18H14ClF2N3O3S/c19-14-6-5-13(28-14)16-11-7-10(22-18(26)27-17(25)9-1-2-9)3-4-12(11)24(23-16)8-15(20)21/h3-7,9,15H,1-2,8H2,(H,22,26).